The zero-order valence-corrected chi connectivity index (χ0v) is 15.5. The Hall–Kier alpha value is -2.36. The molecule has 7 heteroatoms. The fraction of sp³-hybridized carbons (Fsp3) is 0.368. The maximum absolute atomic E-state index is 9.94. The van der Waals surface area contributed by atoms with Crippen molar-refractivity contribution in [2.45, 2.75) is 5.92 Å². The van der Waals surface area contributed by atoms with E-state index in [2.05, 4.69) is 11.0 Å². The van der Waals surface area contributed by atoms with E-state index in [0.29, 0.717) is 23.7 Å². The molecule has 1 unspecified atom stereocenters. The SMILES string of the molecule is CN1CC=C2C(C#N)C(=N)C(C#N)(C#N)[C@H](c3cccc(Cl)c3Cl)[C@H]2C1. The fourth-order valence-corrected chi connectivity index (χ4v) is 4.48. The van der Waals surface area contributed by atoms with Gasteiger partial charge < -0.3 is 10.3 Å². The van der Waals surface area contributed by atoms with Crippen molar-refractivity contribution in [3.63, 3.8) is 0 Å². The fourth-order valence-electron chi connectivity index (χ4n) is 4.06. The molecule has 1 fully saturated rings. The highest BCUT2D eigenvalue weighted by atomic mass is 35.5. The van der Waals surface area contributed by atoms with E-state index in [-0.39, 0.29) is 16.7 Å². The van der Waals surface area contributed by atoms with Crippen LogP contribution in [0.4, 0.5) is 0 Å². The Labute approximate surface area is 162 Å². The maximum atomic E-state index is 9.94. The Morgan fingerprint density at radius 2 is 1.92 bits per heavy atom. The molecule has 0 bridgehead atoms. The molecule has 5 nitrogen and oxygen atoms in total. The lowest BCUT2D eigenvalue weighted by atomic mass is 9.54. The Morgan fingerprint density at radius 3 is 2.54 bits per heavy atom. The summed E-state index contributed by atoms with van der Waals surface area (Å²) in [5, 5.41) is 38.7. The summed E-state index contributed by atoms with van der Waals surface area (Å²) in [6, 6.07) is 11.3. The van der Waals surface area contributed by atoms with Crippen LogP contribution in [0.25, 0.3) is 0 Å². The lowest BCUT2D eigenvalue weighted by molar-refractivity contribution is 0.235. The number of fused-ring (bicyclic) bond motifs is 1. The van der Waals surface area contributed by atoms with Gasteiger partial charge in [0.15, 0.2) is 5.41 Å². The van der Waals surface area contributed by atoms with Gasteiger partial charge in [-0.05, 0) is 24.3 Å². The average molecular weight is 384 g/mol. The van der Waals surface area contributed by atoms with Gasteiger partial charge in [-0.15, -0.1) is 0 Å². The molecule has 0 amide bonds. The molecule has 3 rings (SSSR count). The Bertz CT molecular complexity index is 917. The van der Waals surface area contributed by atoms with Crippen LogP contribution in [0.3, 0.4) is 0 Å². The van der Waals surface area contributed by atoms with E-state index in [1.165, 1.54) is 0 Å². The second kappa shape index (κ2) is 6.75. The molecule has 1 aromatic carbocycles. The zero-order valence-electron chi connectivity index (χ0n) is 14.0. The Kier molecular flexibility index (Phi) is 4.78. The van der Waals surface area contributed by atoms with Crippen LogP contribution >= 0.6 is 23.2 Å². The number of halogens is 2. The molecule has 1 saturated carbocycles. The minimum absolute atomic E-state index is 0.182. The van der Waals surface area contributed by atoms with Gasteiger partial charge in [0.2, 0.25) is 0 Å². The van der Waals surface area contributed by atoms with Gasteiger partial charge in [-0.3, -0.25) is 0 Å². The molecular weight excluding hydrogens is 369 g/mol. The summed E-state index contributed by atoms with van der Waals surface area (Å²) in [6.07, 6.45) is 1.93. The van der Waals surface area contributed by atoms with E-state index in [0.717, 1.165) is 5.57 Å². The van der Waals surface area contributed by atoms with E-state index in [1.807, 2.05) is 25.3 Å². The molecule has 1 aliphatic heterocycles. The van der Waals surface area contributed by atoms with Gasteiger partial charge in [0.1, 0.15) is 5.92 Å². The van der Waals surface area contributed by atoms with E-state index in [9.17, 15) is 15.8 Å². The monoisotopic (exact) mass is 383 g/mol. The van der Waals surface area contributed by atoms with Gasteiger partial charge >= 0.3 is 0 Å². The highest BCUT2D eigenvalue weighted by Crippen LogP contribution is 2.54. The minimum Gasteiger partial charge on any atom is -0.305 e. The highest BCUT2D eigenvalue weighted by molar-refractivity contribution is 6.42. The maximum Gasteiger partial charge on any atom is 0.189 e. The number of nitrogens with one attached hydrogen (secondary N) is 1. The van der Waals surface area contributed by atoms with Crippen molar-refractivity contribution >= 4 is 28.9 Å². The van der Waals surface area contributed by atoms with E-state index in [4.69, 9.17) is 28.6 Å². The molecule has 1 aliphatic carbocycles. The summed E-state index contributed by atoms with van der Waals surface area (Å²) in [5.74, 6) is -1.82. The van der Waals surface area contributed by atoms with Crippen LogP contribution in [-0.2, 0) is 0 Å². The average Bonchev–Trinajstić information content (AvgIpc) is 2.64. The predicted octanol–water partition coefficient (Wildman–Crippen LogP) is 3.77. The number of hydrogen-bond acceptors (Lipinski definition) is 5. The normalized spacial score (nSPS) is 27.5. The number of nitriles is 3. The van der Waals surface area contributed by atoms with Crippen molar-refractivity contribution in [3.8, 4) is 18.2 Å². The molecule has 1 N–H and O–H groups in total. The predicted molar refractivity (Wildman–Crippen MR) is 98.8 cm³/mol. The molecular formula is C19H15Cl2N5. The third kappa shape index (κ3) is 2.51. The van der Waals surface area contributed by atoms with Gasteiger partial charge in [-0.25, -0.2) is 0 Å². The largest absolute Gasteiger partial charge is 0.305 e. The number of benzene rings is 1. The molecule has 2 aliphatic rings. The third-order valence-corrected chi connectivity index (χ3v) is 6.12. The second-order valence-corrected chi connectivity index (χ2v) is 7.45. The molecule has 0 saturated heterocycles. The van der Waals surface area contributed by atoms with Gasteiger partial charge in [-0.1, -0.05) is 41.4 Å². The van der Waals surface area contributed by atoms with Crippen LogP contribution in [0, 0.1) is 56.7 Å². The molecule has 0 spiro atoms. The van der Waals surface area contributed by atoms with Crippen molar-refractivity contribution in [1.82, 2.24) is 4.90 Å². The van der Waals surface area contributed by atoms with Crippen LogP contribution in [-0.4, -0.2) is 30.7 Å². The van der Waals surface area contributed by atoms with Crippen LogP contribution in [0.5, 0.6) is 0 Å². The molecule has 1 heterocycles. The van der Waals surface area contributed by atoms with Crippen LogP contribution in [0.1, 0.15) is 11.5 Å². The molecule has 0 aromatic heterocycles. The smallest absolute Gasteiger partial charge is 0.189 e. The van der Waals surface area contributed by atoms with Crippen molar-refractivity contribution < 1.29 is 0 Å². The number of nitrogens with zero attached hydrogens (tertiary/aromatic N) is 4. The van der Waals surface area contributed by atoms with Crippen LogP contribution < -0.4 is 0 Å². The van der Waals surface area contributed by atoms with Crippen LogP contribution in [0.2, 0.25) is 10.0 Å². The standard InChI is InChI=1S/C19H15Cl2N5/c1-26-6-5-11-13(7-22)18(25)19(9-23,10-24)16(14(11)8-26)12-3-2-4-15(20)17(12)21/h2-5,13-14,16,25H,6,8H2,1H3/t13?,14-,16+/m0/s1. The quantitative estimate of drug-likeness (QED) is 0.745. The highest BCUT2D eigenvalue weighted by Gasteiger charge is 2.58. The molecule has 0 radical (unpaired) electrons. The van der Waals surface area contributed by atoms with Gasteiger partial charge in [0.05, 0.1) is 34.0 Å². The number of hydrogen-bond donors (Lipinski definition) is 1. The Balaban J connectivity index is 2.32. The summed E-state index contributed by atoms with van der Waals surface area (Å²) in [5.41, 5.74) is -0.597. The minimum atomic E-state index is -1.77. The van der Waals surface area contributed by atoms with E-state index < -0.39 is 17.3 Å². The summed E-state index contributed by atoms with van der Waals surface area (Å²) >= 11 is 12.6. The van der Waals surface area contributed by atoms with Gasteiger partial charge in [-0.2, -0.15) is 15.8 Å². The zero-order chi connectivity index (χ0) is 19.1. The van der Waals surface area contributed by atoms with Crippen molar-refractivity contribution in [3.05, 3.63) is 45.5 Å². The third-order valence-electron chi connectivity index (χ3n) is 5.29. The number of likely N-dealkylation sites (N-methyl/N-ethyl adjacent to an activating group) is 1. The topological polar surface area (TPSA) is 98.5 Å². The molecule has 130 valence electrons. The van der Waals surface area contributed by atoms with Gasteiger partial charge in [0, 0.05) is 24.9 Å². The second-order valence-electron chi connectivity index (χ2n) is 6.66. The van der Waals surface area contributed by atoms with E-state index >= 15 is 0 Å². The lowest BCUT2D eigenvalue weighted by Crippen LogP contribution is -2.52. The van der Waals surface area contributed by atoms with Gasteiger partial charge in [0.25, 0.3) is 0 Å². The first kappa shape index (κ1) is 18.4. The first-order chi connectivity index (χ1) is 12.4. The first-order valence-electron chi connectivity index (χ1n) is 8.04. The van der Waals surface area contributed by atoms with Crippen molar-refractivity contribution in [2.75, 3.05) is 20.1 Å². The summed E-state index contributed by atoms with van der Waals surface area (Å²) in [4.78, 5) is 2.06. The summed E-state index contributed by atoms with van der Waals surface area (Å²) < 4.78 is 0. The van der Waals surface area contributed by atoms with Crippen LogP contribution in [0.15, 0.2) is 29.8 Å². The number of rotatable bonds is 1. The van der Waals surface area contributed by atoms with Crippen molar-refractivity contribution in [2.24, 2.45) is 17.3 Å². The molecule has 1 aromatic rings. The summed E-state index contributed by atoms with van der Waals surface area (Å²) in [6.45, 7) is 1.22. The summed E-state index contributed by atoms with van der Waals surface area (Å²) in [7, 11) is 1.94. The first-order valence-corrected chi connectivity index (χ1v) is 8.80. The molecule has 3 atom stereocenters. The Morgan fingerprint density at radius 1 is 1.23 bits per heavy atom. The van der Waals surface area contributed by atoms with E-state index in [1.54, 1.807) is 18.2 Å². The molecule has 26 heavy (non-hydrogen) atoms. The lowest BCUT2D eigenvalue weighted by Gasteiger charge is -2.47. The van der Waals surface area contributed by atoms with Crippen molar-refractivity contribution in [1.29, 1.82) is 21.2 Å².